The van der Waals surface area contributed by atoms with Gasteiger partial charge in [-0.25, -0.2) is 0 Å². The van der Waals surface area contributed by atoms with E-state index in [1.54, 1.807) is 18.2 Å². The molecule has 7 heteroatoms. The lowest BCUT2D eigenvalue weighted by Gasteiger charge is -2.11. The Hall–Kier alpha value is -2.11. The van der Waals surface area contributed by atoms with Gasteiger partial charge < -0.3 is 5.73 Å². The topological polar surface area (TPSA) is 69.6 Å². The van der Waals surface area contributed by atoms with Crippen molar-refractivity contribution >= 4 is 28.9 Å². The highest BCUT2D eigenvalue weighted by Crippen LogP contribution is 2.32. The van der Waals surface area contributed by atoms with E-state index in [0.29, 0.717) is 27.2 Å². The van der Waals surface area contributed by atoms with Gasteiger partial charge in [0.2, 0.25) is 0 Å². The standard InChI is InChI=1S/C14H11Cl2N5/c1-8-9(4-2-7-12(8)17)14-18-19-20-21(14)13-10(15)5-3-6-11(13)16/h2-7H,17H2,1H3. The van der Waals surface area contributed by atoms with Crippen LogP contribution in [0.15, 0.2) is 36.4 Å². The molecule has 0 atom stereocenters. The largest absolute Gasteiger partial charge is 0.398 e. The smallest absolute Gasteiger partial charge is 0.187 e. The molecule has 5 nitrogen and oxygen atoms in total. The van der Waals surface area contributed by atoms with Gasteiger partial charge in [0.1, 0.15) is 5.69 Å². The fourth-order valence-corrected chi connectivity index (χ4v) is 2.65. The lowest BCUT2D eigenvalue weighted by molar-refractivity contribution is 0.791. The Bertz CT molecular complexity index is 793. The summed E-state index contributed by atoms with van der Waals surface area (Å²) >= 11 is 12.5. The predicted molar refractivity (Wildman–Crippen MR) is 83.8 cm³/mol. The Morgan fingerprint density at radius 3 is 2.43 bits per heavy atom. The minimum absolute atomic E-state index is 0.470. The van der Waals surface area contributed by atoms with E-state index in [4.69, 9.17) is 28.9 Å². The lowest BCUT2D eigenvalue weighted by Crippen LogP contribution is -2.03. The number of nitrogens with zero attached hydrogens (tertiary/aromatic N) is 4. The van der Waals surface area contributed by atoms with E-state index in [2.05, 4.69) is 15.5 Å². The average Bonchev–Trinajstić information content (AvgIpc) is 2.91. The van der Waals surface area contributed by atoms with Gasteiger partial charge in [0.25, 0.3) is 0 Å². The SMILES string of the molecule is Cc1c(N)cccc1-c1nnnn1-c1c(Cl)cccc1Cl. The second-order valence-corrected chi connectivity index (χ2v) is 5.32. The Morgan fingerprint density at radius 2 is 1.71 bits per heavy atom. The zero-order chi connectivity index (χ0) is 15.0. The summed E-state index contributed by atoms with van der Waals surface area (Å²) in [7, 11) is 0. The average molecular weight is 320 g/mol. The number of hydrogen-bond acceptors (Lipinski definition) is 4. The Kier molecular flexibility index (Phi) is 3.53. The van der Waals surface area contributed by atoms with Crippen molar-refractivity contribution in [2.24, 2.45) is 0 Å². The van der Waals surface area contributed by atoms with Gasteiger partial charge in [-0.2, -0.15) is 4.68 Å². The molecule has 0 amide bonds. The third kappa shape index (κ3) is 2.34. The summed E-state index contributed by atoms with van der Waals surface area (Å²) in [6, 6.07) is 10.8. The van der Waals surface area contributed by atoms with Crippen molar-refractivity contribution in [2.75, 3.05) is 5.73 Å². The number of nitrogen functional groups attached to an aromatic ring is 1. The van der Waals surface area contributed by atoms with E-state index in [9.17, 15) is 0 Å². The molecule has 2 N–H and O–H groups in total. The maximum Gasteiger partial charge on any atom is 0.187 e. The summed E-state index contributed by atoms with van der Waals surface area (Å²) in [6.07, 6.45) is 0. The van der Waals surface area contributed by atoms with E-state index in [-0.39, 0.29) is 0 Å². The summed E-state index contributed by atoms with van der Waals surface area (Å²) < 4.78 is 1.52. The zero-order valence-corrected chi connectivity index (χ0v) is 12.6. The van der Waals surface area contributed by atoms with Crippen LogP contribution < -0.4 is 5.73 Å². The molecular formula is C14H11Cl2N5. The number of halogens is 2. The van der Waals surface area contributed by atoms with Crippen molar-refractivity contribution in [2.45, 2.75) is 6.92 Å². The molecule has 1 heterocycles. The van der Waals surface area contributed by atoms with Crippen LogP contribution in [0.3, 0.4) is 0 Å². The first-order valence-corrected chi connectivity index (χ1v) is 6.93. The molecule has 106 valence electrons. The first-order chi connectivity index (χ1) is 10.1. The van der Waals surface area contributed by atoms with Crippen LogP contribution in [0.2, 0.25) is 10.0 Å². The first-order valence-electron chi connectivity index (χ1n) is 6.18. The van der Waals surface area contributed by atoms with Crippen LogP contribution in [0.5, 0.6) is 0 Å². The maximum absolute atomic E-state index is 6.23. The summed E-state index contributed by atoms with van der Waals surface area (Å²) in [6.45, 7) is 1.91. The zero-order valence-electron chi connectivity index (χ0n) is 11.1. The number of anilines is 1. The molecular weight excluding hydrogens is 309 g/mol. The van der Waals surface area contributed by atoms with Crippen LogP contribution in [0.1, 0.15) is 5.56 Å². The molecule has 0 bridgehead atoms. The summed E-state index contributed by atoms with van der Waals surface area (Å²) in [5, 5.41) is 12.7. The number of hydrogen-bond donors (Lipinski definition) is 1. The minimum Gasteiger partial charge on any atom is -0.398 e. The van der Waals surface area contributed by atoms with Gasteiger partial charge in [0.15, 0.2) is 5.82 Å². The molecule has 3 aromatic rings. The minimum atomic E-state index is 0.470. The first kappa shape index (κ1) is 13.9. The number of rotatable bonds is 2. The molecule has 21 heavy (non-hydrogen) atoms. The molecule has 0 saturated heterocycles. The highest BCUT2D eigenvalue weighted by molar-refractivity contribution is 6.37. The van der Waals surface area contributed by atoms with Crippen LogP contribution in [0.4, 0.5) is 5.69 Å². The Balaban J connectivity index is 2.25. The van der Waals surface area contributed by atoms with E-state index in [1.165, 1.54) is 4.68 Å². The van der Waals surface area contributed by atoms with Gasteiger partial charge >= 0.3 is 0 Å². The molecule has 0 saturated carbocycles. The van der Waals surface area contributed by atoms with Gasteiger partial charge in [0.05, 0.1) is 10.0 Å². The van der Waals surface area contributed by atoms with Crippen molar-refractivity contribution in [1.82, 2.24) is 20.2 Å². The molecule has 3 rings (SSSR count). The molecule has 1 aromatic heterocycles. The van der Waals surface area contributed by atoms with Crippen LogP contribution >= 0.6 is 23.2 Å². The predicted octanol–water partition coefficient (Wildman–Crippen LogP) is 3.53. The van der Waals surface area contributed by atoms with Crippen molar-refractivity contribution in [3.8, 4) is 17.1 Å². The highest BCUT2D eigenvalue weighted by atomic mass is 35.5. The molecule has 0 spiro atoms. The maximum atomic E-state index is 6.23. The summed E-state index contributed by atoms with van der Waals surface area (Å²) in [4.78, 5) is 0. The molecule has 0 aliphatic heterocycles. The monoisotopic (exact) mass is 319 g/mol. The fraction of sp³-hybridized carbons (Fsp3) is 0.0714. The van der Waals surface area contributed by atoms with Gasteiger partial charge in [-0.15, -0.1) is 5.10 Å². The summed E-state index contributed by atoms with van der Waals surface area (Å²) in [5.41, 5.74) is 8.89. The van der Waals surface area contributed by atoms with Crippen molar-refractivity contribution < 1.29 is 0 Å². The van der Waals surface area contributed by atoms with E-state index in [1.807, 2.05) is 25.1 Å². The molecule has 0 fully saturated rings. The van der Waals surface area contributed by atoms with E-state index >= 15 is 0 Å². The van der Waals surface area contributed by atoms with E-state index < -0.39 is 0 Å². The number of benzene rings is 2. The van der Waals surface area contributed by atoms with Crippen molar-refractivity contribution in [3.05, 3.63) is 52.0 Å². The van der Waals surface area contributed by atoms with Crippen molar-refractivity contribution in [3.63, 3.8) is 0 Å². The number of nitrogens with two attached hydrogens (primary N) is 1. The van der Waals surface area contributed by atoms with Crippen molar-refractivity contribution in [1.29, 1.82) is 0 Å². The van der Waals surface area contributed by atoms with Crippen LogP contribution in [0, 0.1) is 6.92 Å². The van der Waals surface area contributed by atoms with E-state index in [0.717, 1.165) is 11.1 Å². The fourth-order valence-electron chi connectivity index (χ4n) is 2.09. The molecule has 0 radical (unpaired) electrons. The second-order valence-electron chi connectivity index (χ2n) is 4.50. The van der Waals surface area contributed by atoms with Crippen LogP contribution in [-0.2, 0) is 0 Å². The normalized spacial score (nSPS) is 10.8. The number of aromatic nitrogens is 4. The number of para-hydroxylation sites is 1. The van der Waals surface area contributed by atoms with Gasteiger partial charge in [-0.1, -0.05) is 41.4 Å². The van der Waals surface area contributed by atoms with Crippen LogP contribution in [0.25, 0.3) is 17.1 Å². The third-order valence-electron chi connectivity index (χ3n) is 3.24. The third-order valence-corrected chi connectivity index (χ3v) is 3.85. The second kappa shape index (κ2) is 5.35. The summed E-state index contributed by atoms with van der Waals surface area (Å²) in [5.74, 6) is 0.537. The molecule has 2 aromatic carbocycles. The molecule has 0 aliphatic carbocycles. The number of tetrazole rings is 1. The molecule has 0 unspecified atom stereocenters. The van der Waals surface area contributed by atoms with Gasteiger partial charge in [0, 0.05) is 11.3 Å². The van der Waals surface area contributed by atoms with Crippen LogP contribution in [-0.4, -0.2) is 20.2 Å². The lowest BCUT2D eigenvalue weighted by atomic mass is 10.1. The molecule has 0 aliphatic rings. The van der Waals surface area contributed by atoms with Gasteiger partial charge in [-0.05, 0) is 41.1 Å². The Labute approximate surface area is 131 Å². The Morgan fingerprint density at radius 1 is 1.05 bits per heavy atom. The quantitative estimate of drug-likeness (QED) is 0.733. The highest BCUT2D eigenvalue weighted by Gasteiger charge is 2.17. The van der Waals surface area contributed by atoms with Gasteiger partial charge in [-0.3, -0.25) is 0 Å².